The first-order chi connectivity index (χ1) is 13.9. The fraction of sp³-hybridized carbons (Fsp3) is 0.409. The minimum Gasteiger partial charge on any atom is -0.494 e. The molecule has 6 nitrogen and oxygen atoms in total. The van der Waals surface area contributed by atoms with Crippen LogP contribution in [0.2, 0.25) is 0 Å². The quantitative estimate of drug-likeness (QED) is 0.788. The molecule has 0 saturated heterocycles. The minimum absolute atomic E-state index is 0.0265. The molecule has 154 valence electrons. The SMILES string of the molecule is CCOc1ccc2c(c1)CN(C(=O)c1cc(S(=O)(=O)NC3CC3)ccc1C)CC2. The van der Waals surface area contributed by atoms with E-state index in [9.17, 15) is 13.2 Å². The Morgan fingerprint density at radius 3 is 2.69 bits per heavy atom. The number of hydrogen-bond acceptors (Lipinski definition) is 4. The summed E-state index contributed by atoms with van der Waals surface area (Å²) < 4.78 is 33.4. The van der Waals surface area contributed by atoms with Crippen LogP contribution in [0, 0.1) is 6.92 Å². The Bertz CT molecular complexity index is 1040. The number of carbonyl (C=O) groups is 1. The zero-order valence-corrected chi connectivity index (χ0v) is 17.6. The van der Waals surface area contributed by atoms with Crippen molar-refractivity contribution in [2.75, 3.05) is 13.2 Å². The zero-order chi connectivity index (χ0) is 20.6. The van der Waals surface area contributed by atoms with Crippen molar-refractivity contribution in [3.8, 4) is 5.75 Å². The number of nitrogens with zero attached hydrogens (tertiary/aromatic N) is 1. The van der Waals surface area contributed by atoms with Crippen LogP contribution in [0.1, 0.15) is 46.8 Å². The smallest absolute Gasteiger partial charge is 0.254 e. The lowest BCUT2D eigenvalue weighted by atomic mass is 9.98. The number of amides is 1. The lowest BCUT2D eigenvalue weighted by Crippen LogP contribution is -2.36. The average molecular weight is 415 g/mol. The maximum absolute atomic E-state index is 13.2. The van der Waals surface area contributed by atoms with Crippen LogP contribution < -0.4 is 9.46 Å². The van der Waals surface area contributed by atoms with Gasteiger partial charge in [-0.15, -0.1) is 0 Å². The molecule has 1 heterocycles. The predicted molar refractivity (Wildman–Crippen MR) is 111 cm³/mol. The molecule has 0 unspecified atom stereocenters. The number of hydrogen-bond donors (Lipinski definition) is 1. The summed E-state index contributed by atoms with van der Waals surface area (Å²) in [5.41, 5.74) is 3.51. The van der Waals surface area contributed by atoms with Crippen molar-refractivity contribution in [3.05, 3.63) is 58.7 Å². The number of benzene rings is 2. The van der Waals surface area contributed by atoms with Crippen LogP contribution in [0.25, 0.3) is 0 Å². The fourth-order valence-electron chi connectivity index (χ4n) is 3.62. The summed E-state index contributed by atoms with van der Waals surface area (Å²) in [5.74, 6) is 0.661. The maximum atomic E-state index is 13.2. The van der Waals surface area contributed by atoms with Crippen molar-refractivity contribution in [1.82, 2.24) is 9.62 Å². The summed E-state index contributed by atoms with van der Waals surface area (Å²) in [6.45, 7) is 5.47. The van der Waals surface area contributed by atoms with E-state index in [4.69, 9.17) is 4.74 Å². The molecule has 0 atom stereocenters. The molecular formula is C22H26N2O4S. The average Bonchev–Trinajstić information content (AvgIpc) is 3.50. The Kier molecular flexibility index (Phi) is 5.36. The number of nitrogens with one attached hydrogen (secondary N) is 1. The number of sulfonamides is 1. The first-order valence-corrected chi connectivity index (χ1v) is 11.5. The van der Waals surface area contributed by atoms with Gasteiger partial charge in [0, 0.05) is 24.7 Å². The Hall–Kier alpha value is -2.38. The van der Waals surface area contributed by atoms with E-state index >= 15 is 0 Å². The van der Waals surface area contributed by atoms with Gasteiger partial charge in [-0.25, -0.2) is 13.1 Å². The standard InChI is InChI=1S/C22H26N2O4S/c1-3-28-19-8-5-16-10-11-24(14-17(16)12-19)22(25)21-13-20(9-4-15(21)2)29(26,27)23-18-6-7-18/h4-5,8-9,12-13,18,23H,3,6-7,10-11,14H2,1-2H3. The third-order valence-corrected chi connectivity index (χ3v) is 6.96. The molecule has 2 aromatic rings. The molecule has 1 amide bonds. The summed E-state index contributed by atoms with van der Waals surface area (Å²) in [6.07, 6.45) is 2.51. The molecule has 29 heavy (non-hydrogen) atoms. The van der Waals surface area contributed by atoms with Crippen LogP contribution in [0.3, 0.4) is 0 Å². The van der Waals surface area contributed by atoms with Crippen molar-refractivity contribution in [2.45, 2.75) is 50.6 Å². The number of rotatable bonds is 6. The second kappa shape index (κ2) is 7.80. The molecule has 2 aliphatic rings. The first-order valence-electron chi connectivity index (χ1n) is 10.0. The van der Waals surface area contributed by atoms with Crippen LogP contribution in [0.5, 0.6) is 5.75 Å². The van der Waals surface area contributed by atoms with Gasteiger partial charge in [-0.3, -0.25) is 4.79 Å². The van der Waals surface area contributed by atoms with Crippen molar-refractivity contribution >= 4 is 15.9 Å². The van der Waals surface area contributed by atoms with E-state index in [1.807, 2.05) is 26.0 Å². The third kappa shape index (κ3) is 4.31. The van der Waals surface area contributed by atoms with E-state index in [-0.39, 0.29) is 16.8 Å². The molecule has 1 saturated carbocycles. The molecule has 7 heteroatoms. The van der Waals surface area contributed by atoms with Gasteiger partial charge >= 0.3 is 0 Å². The topological polar surface area (TPSA) is 75.7 Å². The highest BCUT2D eigenvalue weighted by molar-refractivity contribution is 7.89. The predicted octanol–water partition coefficient (Wildman–Crippen LogP) is 3.03. The van der Waals surface area contributed by atoms with E-state index in [1.54, 1.807) is 17.0 Å². The fourth-order valence-corrected chi connectivity index (χ4v) is 4.95. The van der Waals surface area contributed by atoms with Gasteiger partial charge in [0.05, 0.1) is 11.5 Å². The summed E-state index contributed by atoms with van der Waals surface area (Å²) in [6, 6.07) is 10.8. The van der Waals surface area contributed by atoms with E-state index in [0.29, 0.717) is 25.3 Å². The van der Waals surface area contributed by atoms with Crippen LogP contribution in [-0.4, -0.2) is 38.4 Å². The number of aryl methyl sites for hydroxylation is 1. The van der Waals surface area contributed by atoms with Crippen molar-refractivity contribution in [2.24, 2.45) is 0 Å². The van der Waals surface area contributed by atoms with E-state index in [0.717, 1.165) is 36.1 Å². The first kappa shape index (κ1) is 19.9. The van der Waals surface area contributed by atoms with Crippen molar-refractivity contribution in [1.29, 1.82) is 0 Å². The molecule has 1 fully saturated rings. The van der Waals surface area contributed by atoms with Crippen molar-refractivity contribution in [3.63, 3.8) is 0 Å². The molecule has 0 spiro atoms. The Labute approximate surface area is 171 Å². The minimum atomic E-state index is -3.60. The van der Waals surface area contributed by atoms with Gasteiger partial charge < -0.3 is 9.64 Å². The highest BCUT2D eigenvalue weighted by Gasteiger charge is 2.29. The Morgan fingerprint density at radius 1 is 1.17 bits per heavy atom. The molecular weight excluding hydrogens is 388 g/mol. The summed E-state index contributed by atoms with van der Waals surface area (Å²) in [5, 5.41) is 0. The number of fused-ring (bicyclic) bond motifs is 1. The summed E-state index contributed by atoms with van der Waals surface area (Å²) in [4.78, 5) is 15.2. The van der Waals surface area contributed by atoms with Gasteiger partial charge in [0.2, 0.25) is 10.0 Å². The molecule has 1 N–H and O–H groups in total. The van der Waals surface area contributed by atoms with E-state index < -0.39 is 10.0 Å². The molecule has 1 aliphatic heterocycles. The summed E-state index contributed by atoms with van der Waals surface area (Å²) >= 11 is 0. The van der Waals surface area contributed by atoms with Gasteiger partial charge in [0.25, 0.3) is 5.91 Å². The summed E-state index contributed by atoms with van der Waals surface area (Å²) in [7, 11) is -3.60. The van der Waals surface area contributed by atoms with Crippen LogP contribution in [-0.2, 0) is 23.0 Å². The Balaban J connectivity index is 1.58. The van der Waals surface area contributed by atoms with Crippen LogP contribution in [0.15, 0.2) is 41.3 Å². The molecule has 0 aromatic heterocycles. The second-order valence-corrected chi connectivity index (χ2v) is 9.43. The second-order valence-electron chi connectivity index (χ2n) is 7.71. The molecule has 0 bridgehead atoms. The largest absolute Gasteiger partial charge is 0.494 e. The number of carbonyl (C=O) groups excluding carboxylic acids is 1. The van der Waals surface area contributed by atoms with Crippen LogP contribution >= 0.6 is 0 Å². The van der Waals surface area contributed by atoms with Gasteiger partial charge in [-0.2, -0.15) is 0 Å². The van der Waals surface area contributed by atoms with Gasteiger partial charge in [0.1, 0.15) is 5.75 Å². The third-order valence-electron chi connectivity index (χ3n) is 5.44. The van der Waals surface area contributed by atoms with Gasteiger partial charge in [-0.05, 0) is 74.1 Å². The monoisotopic (exact) mass is 414 g/mol. The van der Waals surface area contributed by atoms with Crippen molar-refractivity contribution < 1.29 is 17.9 Å². The van der Waals surface area contributed by atoms with Gasteiger partial charge in [0.15, 0.2) is 0 Å². The normalized spacial score (nSPS) is 16.4. The molecule has 0 radical (unpaired) electrons. The van der Waals surface area contributed by atoms with Crippen LogP contribution in [0.4, 0.5) is 0 Å². The van der Waals surface area contributed by atoms with E-state index in [2.05, 4.69) is 10.8 Å². The maximum Gasteiger partial charge on any atom is 0.254 e. The lowest BCUT2D eigenvalue weighted by molar-refractivity contribution is 0.0733. The highest BCUT2D eigenvalue weighted by Crippen LogP contribution is 2.27. The van der Waals surface area contributed by atoms with E-state index in [1.165, 1.54) is 11.6 Å². The molecule has 1 aliphatic carbocycles. The molecule has 2 aromatic carbocycles. The Morgan fingerprint density at radius 2 is 1.97 bits per heavy atom. The number of ether oxygens (including phenoxy) is 1. The molecule has 4 rings (SSSR count). The highest BCUT2D eigenvalue weighted by atomic mass is 32.2. The van der Waals surface area contributed by atoms with Gasteiger partial charge in [-0.1, -0.05) is 12.1 Å². The lowest BCUT2D eigenvalue weighted by Gasteiger charge is -2.30. The zero-order valence-electron chi connectivity index (χ0n) is 16.8.